The summed E-state index contributed by atoms with van der Waals surface area (Å²) in [6.07, 6.45) is 1.06. The first kappa shape index (κ1) is 23.7. The number of fused-ring (bicyclic) bond motifs is 1. The number of rotatable bonds is 11. The molecule has 1 N–H and O–H groups in total. The minimum Gasteiger partial charge on any atom is -0.488 e. The predicted octanol–water partition coefficient (Wildman–Crippen LogP) is 3.11. The summed E-state index contributed by atoms with van der Waals surface area (Å²) in [5.74, 6) is -0.243. The van der Waals surface area contributed by atoms with Crippen LogP contribution in [0.15, 0.2) is 35.7 Å². The Morgan fingerprint density at radius 2 is 2.19 bits per heavy atom. The minimum atomic E-state index is -0.527. The molecule has 0 radical (unpaired) electrons. The lowest BCUT2D eigenvalue weighted by molar-refractivity contribution is -0.136. The topological polar surface area (TPSA) is 62.2 Å². The molecule has 8 heteroatoms. The van der Waals surface area contributed by atoms with Crippen LogP contribution in [0.5, 0.6) is 5.75 Å². The minimum absolute atomic E-state index is 0.0166. The number of amides is 1. The molecule has 1 amide bonds. The van der Waals surface area contributed by atoms with E-state index in [0.29, 0.717) is 26.2 Å². The molecule has 0 spiro atoms. The van der Waals surface area contributed by atoms with Gasteiger partial charge in [0.05, 0.1) is 18.7 Å². The van der Waals surface area contributed by atoms with E-state index in [9.17, 15) is 14.3 Å². The fraction of sp³-hybridized carbons (Fsp3) is 0.522. The number of hydrogen-bond donors (Lipinski definition) is 1. The Morgan fingerprint density at radius 1 is 1.39 bits per heavy atom. The molecule has 170 valence electrons. The van der Waals surface area contributed by atoms with Crippen LogP contribution >= 0.6 is 11.3 Å². The number of para-hydroxylation sites is 1. The molecule has 0 aliphatic carbocycles. The van der Waals surface area contributed by atoms with Gasteiger partial charge in [-0.15, -0.1) is 11.3 Å². The van der Waals surface area contributed by atoms with Crippen molar-refractivity contribution >= 4 is 17.2 Å². The Morgan fingerprint density at radius 3 is 2.94 bits per heavy atom. The molecule has 1 aliphatic heterocycles. The van der Waals surface area contributed by atoms with Crippen molar-refractivity contribution in [2.24, 2.45) is 0 Å². The van der Waals surface area contributed by atoms with Crippen molar-refractivity contribution in [2.75, 3.05) is 46.5 Å². The molecule has 1 aliphatic rings. The Bertz CT molecular complexity index is 844. The van der Waals surface area contributed by atoms with Crippen molar-refractivity contribution in [1.82, 2.24) is 9.80 Å². The van der Waals surface area contributed by atoms with Gasteiger partial charge in [0, 0.05) is 38.2 Å². The van der Waals surface area contributed by atoms with Crippen molar-refractivity contribution in [3.05, 3.63) is 52.0 Å². The van der Waals surface area contributed by atoms with Gasteiger partial charge in [-0.2, -0.15) is 0 Å². The van der Waals surface area contributed by atoms with Crippen molar-refractivity contribution in [2.45, 2.75) is 31.9 Å². The highest BCUT2D eigenvalue weighted by Gasteiger charge is 2.33. The normalized spacial score (nSPS) is 16.9. The first-order chi connectivity index (χ1) is 15.0. The summed E-state index contributed by atoms with van der Waals surface area (Å²) in [5.41, 5.74) is 1.07. The third-order valence-electron chi connectivity index (χ3n) is 5.35. The van der Waals surface area contributed by atoms with Crippen LogP contribution < -0.4 is 4.74 Å². The standard InChI is InChI=1S/C23H31FN2O4S/c1-17(27)14-25(10-5-12-29-2)15-23(28)26-11-8-22-18(9-13-31-22)20(26)16-30-21-7-4-3-6-19(21)24/h3-4,6-7,9,13,17,20,27H,5,8,10-12,14-16H2,1-2H3/t17-,20-/m0/s1. The van der Waals surface area contributed by atoms with E-state index in [1.807, 2.05) is 21.2 Å². The molecule has 1 aromatic heterocycles. The van der Waals surface area contributed by atoms with Gasteiger partial charge in [0.2, 0.25) is 5.91 Å². The van der Waals surface area contributed by atoms with Crippen molar-refractivity contribution in [1.29, 1.82) is 0 Å². The number of halogens is 1. The van der Waals surface area contributed by atoms with E-state index < -0.39 is 11.9 Å². The molecule has 3 rings (SSSR count). The molecular weight excluding hydrogens is 419 g/mol. The van der Waals surface area contributed by atoms with Crippen LogP contribution in [-0.4, -0.2) is 73.4 Å². The zero-order valence-corrected chi connectivity index (χ0v) is 18.9. The number of carbonyl (C=O) groups excluding carboxylic acids is 1. The van der Waals surface area contributed by atoms with Crippen molar-refractivity contribution in [3.63, 3.8) is 0 Å². The molecule has 0 unspecified atom stereocenters. The summed E-state index contributed by atoms with van der Waals surface area (Å²) < 4.78 is 24.9. The molecule has 2 atom stereocenters. The Labute approximate surface area is 187 Å². The van der Waals surface area contributed by atoms with Crippen LogP contribution in [0.3, 0.4) is 0 Å². The summed E-state index contributed by atoms with van der Waals surface area (Å²) in [5, 5.41) is 11.9. The second kappa shape index (κ2) is 11.6. The Kier molecular flexibility index (Phi) is 8.83. The maximum atomic E-state index is 14.0. The third-order valence-corrected chi connectivity index (χ3v) is 6.35. The van der Waals surface area contributed by atoms with Gasteiger partial charge in [-0.1, -0.05) is 12.1 Å². The molecule has 2 aromatic rings. The lowest BCUT2D eigenvalue weighted by Crippen LogP contribution is -2.47. The molecule has 31 heavy (non-hydrogen) atoms. The Balaban J connectivity index is 1.72. The number of hydrogen-bond acceptors (Lipinski definition) is 6. The van der Waals surface area contributed by atoms with Crippen molar-refractivity contribution < 1.29 is 23.8 Å². The van der Waals surface area contributed by atoms with Gasteiger partial charge in [-0.25, -0.2) is 4.39 Å². The highest BCUT2D eigenvalue weighted by atomic mass is 32.1. The third kappa shape index (κ3) is 6.49. The highest BCUT2D eigenvalue weighted by Crippen LogP contribution is 2.34. The summed E-state index contributed by atoms with van der Waals surface area (Å²) in [6, 6.07) is 8.07. The molecule has 0 saturated heterocycles. The number of aliphatic hydroxyl groups is 1. The number of thiophene rings is 1. The van der Waals surface area contributed by atoms with E-state index in [-0.39, 0.29) is 30.9 Å². The first-order valence-electron chi connectivity index (χ1n) is 10.6. The number of aliphatic hydroxyl groups excluding tert-OH is 1. The van der Waals surface area contributed by atoms with Crippen molar-refractivity contribution in [3.8, 4) is 5.75 Å². The SMILES string of the molecule is COCCCN(CC(=O)N1CCc2sccc2[C@@H]1COc1ccccc1F)C[C@H](C)O. The summed E-state index contributed by atoms with van der Waals surface area (Å²) in [6.45, 7) is 4.41. The van der Waals surface area contributed by atoms with Gasteiger partial charge in [-0.3, -0.25) is 9.69 Å². The highest BCUT2D eigenvalue weighted by molar-refractivity contribution is 7.10. The van der Waals surface area contributed by atoms with E-state index >= 15 is 0 Å². The van der Waals surface area contributed by atoms with Gasteiger partial charge in [0.25, 0.3) is 0 Å². The maximum Gasteiger partial charge on any atom is 0.237 e. The van der Waals surface area contributed by atoms with Crippen LogP contribution in [0, 0.1) is 5.82 Å². The van der Waals surface area contributed by atoms with Crippen LogP contribution in [0.25, 0.3) is 0 Å². The number of methoxy groups -OCH3 is 1. The van der Waals surface area contributed by atoms with Crippen LogP contribution in [-0.2, 0) is 16.0 Å². The maximum absolute atomic E-state index is 14.0. The number of carbonyl (C=O) groups is 1. The zero-order chi connectivity index (χ0) is 22.2. The summed E-state index contributed by atoms with van der Waals surface area (Å²) in [7, 11) is 1.65. The van der Waals surface area contributed by atoms with E-state index in [1.54, 1.807) is 43.6 Å². The van der Waals surface area contributed by atoms with E-state index in [1.165, 1.54) is 10.9 Å². The van der Waals surface area contributed by atoms with Gasteiger partial charge >= 0.3 is 0 Å². The van der Waals surface area contributed by atoms with Gasteiger partial charge in [0.15, 0.2) is 11.6 Å². The average molecular weight is 451 g/mol. The number of nitrogens with zero attached hydrogens (tertiary/aromatic N) is 2. The lowest BCUT2D eigenvalue weighted by atomic mass is 10.0. The molecule has 2 heterocycles. The fourth-order valence-electron chi connectivity index (χ4n) is 3.93. The zero-order valence-electron chi connectivity index (χ0n) is 18.1. The molecule has 6 nitrogen and oxygen atoms in total. The van der Waals surface area contributed by atoms with Crippen LogP contribution in [0.1, 0.15) is 29.8 Å². The predicted molar refractivity (Wildman–Crippen MR) is 119 cm³/mol. The molecular formula is C23H31FN2O4S. The van der Waals surface area contributed by atoms with E-state index in [2.05, 4.69) is 0 Å². The molecule has 0 fully saturated rings. The summed E-state index contributed by atoms with van der Waals surface area (Å²) in [4.78, 5) is 18.3. The second-order valence-electron chi connectivity index (χ2n) is 7.82. The van der Waals surface area contributed by atoms with Crippen LogP contribution in [0.4, 0.5) is 4.39 Å². The quantitative estimate of drug-likeness (QED) is 0.533. The smallest absolute Gasteiger partial charge is 0.237 e. The fourth-order valence-corrected chi connectivity index (χ4v) is 4.86. The number of ether oxygens (including phenoxy) is 2. The molecule has 0 bridgehead atoms. The summed E-state index contributed by atoms with van der Waals surface area (Å²) >= 11 is 1.68. The lowest BCUT2D eigenvalue weighted by Gasteiger charge is -2.37. The second-order valence-corrected chi connectivity index (χ2v) is 8.82. The van der Waals surface area contributed by atoms with Gasteiger partial charge in [0.1, 0.15) is 6.61 Å². The van der Waals surface area contributed by atoms with Gasteiger partial charge < -0.3 is 19.5 Å². The van der Waals surface area contributed by atoms with E-state index in [0.717, 1.165) is 18.4 Å². The molecule has 0 saturated carbocycles. The number of benzene rings is 1. The van der Waals surface area contributed by atoms with E-state index in [4.69, 9.17) is 9.47 Å². The Hall–Kier alpha value is -2.00. The van der Waals surface area contributed by atoms with Gasteiger partial charge in [-0.05, 0) is 48.9 Å². The monoisotopic (exact) mass is 450 g/mol. The molecule has 1 aromatic carbocycles. The van der Waals surface area contributed by atoms with Crippen LogP contribution in [0.2, 0.25) is 0 Å². The largest absolute Gasteiger partial charge is 0.488 e. The first-order valence-corrected chi connectivity index (χ1v) is 11.5. The average Bonchev–Trinajstić information content (AvgIpc) is 3.21.